The van der Waals surface area contributed by atoms with Crippen LogP contribution < -0.4 is 5.56 Å². The molecule has 0 radical (unpaired) electrons. The number of aliphatic hydroxyl groups is 1. The van der Waals surface area contributed by atoms with Crippen molar-refractivity contribution in [2.24, 2.45) is 17.3 Å². The number of pyridine rings is 1. The predicted octanol–water partition coefficient (Wildman–Crippen LogP) is 4.17. The third-order valence-corrected chi connectivity index (χ3v) is 8.24. The zero-order valence-electron chi connectivity index (χ0n) is 21.2. The first-order chi connectivity index (χ1) is 16.9. The van der Waals surface area contributed by atoms with Gasteiger partial charge in [0.1, 0.15) is 5.82 Å². The van der Waals surface area contributed by atoms with Crippen molar-refractivity contribution in [1.29, 1.82) is 0 Å². The van der Waals surface area contributed by atoms with E-state index >= 15 is 0 Å². The lowest BCUT2D eigenvalue weighted by Gasteiger charge is -2.51. The van der Waals surface area contributed by atoms with Crippen molar-refractivity contribution in [2.75, 3.05) is 13.1 Å². The van der Waals surface area contributed by atoms with Gasteiger partial charge in [0.15, 0.2) is 0 Å². The molecule has 8 heteroatoms. The Hall–Kier alpha value is -3.00. The highest BCUT2D eigenvalue weighted by molar-refractivity contribution is 5.95. The Kier molecular flexibility index (Phi) is 7.10. The molecule has 1 saturated carbocycles. The van der Waals surface area contributed by atoms with Crippen LogP contribution in [0.15, 0.2) is 41.3 Å². The molecule has 0 bridgehead atoms. The van der Waals surface area contributed by atoms with Crippen LogP contribution in [0, 0.1) is 23.1 Å². The molecular formula is C28H35FN2O5. The van der Waals surface area contributed by atoms with Gasteiger partial charge < -0.3 is 19.7 Å². The maximum absolute atomic E-state index is 14.4. The number of hydrogen-bond donors (Lipinski definition) is 2. The van der Waals surface area contributed by atoms with Gasteiger partial charge in [-0.1, -0.05) is 58.2 Å². The summed E-state index contributed by atoms with van der Waals surface area (Å²) in [4.78, 5) is 39.9. The molecule has 2 atom stereocenters. The van der Waals surface area contributed by atoms with Crippen LogP contribution in [-0.2, 0) is 11.3 Å². The molecule has 2 aromatic rings. The van der Waals surface area contributed by atoms with Gasteiger partial charge >= 0.3 is 5.97 Å². The number of nitrogens with zero attached hydrogens (tertiary/aromatic N) is 2. The van der Waals surface area contributed by atoms with E-state index in [1.807, 2.05) is 25.7 Å². The van der Waals surface area contributed by atoms with Gasteiger partial charge in [0.25, 0.3) is 5.56 Å². The molecule has 4 rings (SSSR count). The molecule has 0 spiro atoms. The number of hydrogen-bond acceptors (Lipinski definition) is 4. The average molecular weight is 499 g/mol. The topological polar surface area (TPSA) is 99.8 Å². The second-order valence-corrected chi connectivity index (χ2v) is 11.2. The summed E-state index contributed by atoms with van der Waals surface area (Å²) in [5.74, 6) is -1.27. The summed E-state index contributed by atoms with van der Waals surface area (Å²) in [5, 5.41) is 21.5. The minimum atomic E-state index is -1.35. The van der Waals surface area contributed by atoms with Crippen molar-refractivity contribution in [3.05, 3.63) is 58.3 Å². The third kappa shape index (κ3) is 4.96. The summed E-state index contributed by atoms with van der Waals surface area (Å²) in [6, 6.07) is 6.81. The van der Waals surface area contributed by atoms with Crippen LogP contribution in [0.2, 0.25) is 0 Å². The predicted molar refractivity (Wildman–Crippen MR) is 134 cm³/mol. The highest BCUT2D eigenvalue weighted by atomic mass is 19.1. The lowest BCUT2D eigenvalue weighted by atomic mass is 9.69. The smallest absolute Gasteiger partial charge is 0.337 e. The van der Waals surface area contributed by atoms with Crippen molar-refractivity contribution in [2.45, 2.75) is 65.0 Å². The third-order valence-electron chi connectivity index (χ3n) is 8.24. The van der Waals surface area contributed by atoms with Gasteiger partial charge in [0, 0.05) is 47.8 Å². The number of rotatable bonds is 7. The lowest BCUT2D eigenvalue weighted by Crippen LogP contribution is -2.61. The molecule has 1 aromatic carbocycles. The van der Waals surface area contributed by atoms with Crippen LogP contribution in [-0.4, -0.2) is 50.2 Å². The van der Waals surface area contributed by atoms with Gasteiger partial charge in [0.2, 0.25) is 5.91 Å². The minimum Gasteiger partial charge on any atom is -0.478 e. The highest BCUT2D eigenvalue weighted by Gasteiger charge is 2.49. The van der Waals surface area contributed by atoms with E-state index < -0.39 is 28.4 Å². The minimum absolute atomic E-state index is 0.00559. The number of likely N-dealkylation sites (tertiary alicyclic amines) is 1. The largest absolute Gasteiger partial charge is 0.478 e. The first-order valence-electron chi connectivity index (χ1n) is 12.7. The van der Waals surface area contributed by atoms with E-state index in [1.54, 1.807) is 6.07 Å². The fraction of sp³-hybridized carbons (Fsp3) is 0.536. The summed E-state index contributed by atoms with van der Waals surface area (Å²) in [6.07, 6.45) is 5.93. The molecule has 1 unspecified atom stereocenters. The molecule has 2 heterocycles. The normalized spacial score (nSPS) is 22.6. The first-order valence-corrected chi connectivity index (χ1v) is 12.7. The van der Waals surface area contributed by atoms with Crippen LogP contribution >= 0.6 is 0 Å². The summed E-state index contributed by atoms with van der Waals surface area (Å²) < 4.78 is 15.6. The van der Waals surface area contributed by atoms with Gasteiger partial charge in [-0.25, -0.2) is 9.18 Å². The molecule has 1 saturated heterocycles. The van der Waals surface area contributed by atoms with Gasteiger partial charge in [-0.05, 0) is 24.8 Å². The van der Waals surface area contributed by atoms with Crippen LogP contribution in [0.3, 0.4) is 0 Å². The molecular weight excluding hydrogens is 463 g/mol. The van der Waals surface area contributed by atoms with Crippen molar-refractivity contribution in [3.63, 3.8) is 0 Å². The van der Waals surface area contributed by atoms with Crippen molar-refractivity contribution >= 4 is 11.9 Å². The molecule has 36 heavy (non-hydrogen) atoms. The van der Waals surface area contributed by atoms with Crippen LogP contribution in [0.25, 0.3) is 11.1 Å². The van der Waals surface area contributed by atoms with Crippen molar-refractivity contribution in [3.8, 4) is 11.1 Å². The number of carbonyl (C=O) groups is 2. The zero-order valence-corrected chi connectivity index (χ0v) is 21.2. The number of carbonyl (C=O) groups excluding carboxylic acids is 1. The van der Waals surface area contributed by atoms with E-state index in [0.29, 0.717) is 19.0 Å². The van der Waals surface area contributed by atoms with E-state index in [0.717, 1.165) is 12.5 Å². The van der Waals surface area contributed by atoms with E-state index in [2.05, 4.69) is 0 Å². The Morgan fingerprint density at radius 1 is 1.19 bits per heavy atom. The van der Waals surface area contributed by atoms with E-state index in [9.17, 15) is 29.0 Å². The Bertz CT molecular complexity index is 1220. The van der Waals surface area contributed by atoms with Crippen LogP contribution in [0.4, 0.5) is 4.39 Å². The number of carboxylic acid groups (broad SMARTS) is 1. The molecule has 1 aliphatic heterocycles. The average Bonchev–Trinajstić information content (AvgIpc) is 2.79. The summed E-state index contributed by atoms with van der Waals surface area (Å²) in [6.45, 7) is 6.27. The molecule has 7 nitrogen and oxygen atoms in total. The second-order valence-electron chi connectivity index (χ2n) is 11.2. The quantitative estimate of drug-likeness (QED) is 0.597. The summed E-state index contributed by atoms with van der Waals surface area (Å²) >= 11 is 0. The fourth-order valence-electron chi connectivity index (χ4n) is 5.54. The number of carboxylic acids is 1. The summed E-state index contributed by atoms with van der Waals surface area (Å²) in [7, 11) is 0. The van der Waals surface area contributed by atoms with Gasteiger partial charge in [0.05, 0.1) is 17.7 Å². The maximum Gasteiger partial charge on any atom is 0.337 e. The fourth-order valence-corrected chi connectivity index (χ4v) is 5.54. The highest BCUT2D eigenvalue weighted by Crippen LogP contribution is 2.41. The molecule has 194 valence electrons. The molecule has 2 aliphatic rings. The number of piperidine rings is 1. The van der Waals surface area contributed by atoms with Crippen LogP contribution in [0.5, 0.6) is 0 Å². The van der Waals surface area contributed by atoms with Crippen molar-refractivity contribution < 1.29 is 24.2 Å². The molecule has 2 fully saturated rings. The SMILES string of the molecule is CC(CC1CCC1)C(=O)N1CC[C@@](O)(Cn2cc(C(=O)O)c(-c3ccccc3F)cc2=O)C(C)(C)C1. The van der Waals surface area contributed by atoms with Gasteiger partial charge in [-0.2, -0.15) is 0 Å². The Labute approximate surface area is 210 Å². The number of halogens is 1. The lowest BCUT2D eigenvalue weighted by molar-refractivity contribution is -0.157. The van der Waals surface area contributed by atoms with E-state index in [4.69, 9.17) is 0 Å². The van der Waals surface area contributed by atoms with E-state index in [1.165, 1.54) is 48.2 Å². The second kappa shape index (κ2) is 9.81. The standard InChI is InChI=1S/C28H35FN2O5/c1-18(13-19-7-6-8-19)25(33)30-12-11-28(36,27(2,3)16-30)17-31-15-22(26(34)35)21(14-24(31)32)20-9-4-5-10-23(20)29/h4-5,9-10,14-15,18-19,36H,6-8,11-13,16-17H2,1-3H3,(H,34,35)/t18?,28-/m1/s1. The number of aromatic carboxylic acids is 1. The molecule has 1 aromatic heterocycles. The van der Waals surface area contributed by atoms with Crippen LogP contribution in [0.1, 0.15) is 63.2 Å². The Morgan fingerprint density at radius 3 is 2.47 bits per heavy atom. The zero-order chi connectivity index (χ0) is 26.3. The molecule has 1 aliphatic carbocycles. The Balaban J connectivity index is 1.56. The summed E-state index contributed by atoms with van der Waals surface area (Å²) in [5.41, 5.74) is -2.83. The molecule has 2 N–H and O–H groups in total. The number of aromatic nitrogens is 1. The number of amides is 1. The monoisotopic (exact) mass is 498 g/mol. The van der Waals surface area contributed by atoms with Gasteiger partial charge in [-0.3, -0.25) is 9.59 Å². The maximum atomic E-state index is 14.4. The van der Waals surface area contributed by atoms with Gasteiger partial charge in [-0.15, -0.1) is 0 Å². The first kappa shape index (κ1) is 26.1. The van der Waals surface area contributed by atoms with E-state index in [-0.39, 0.29) is 41.5 Å². The molecule has 1 amide bonds. The Morgan fingerprint density at radius 2 is 1.89 bits per heavy atom. The number of benzene rings is 1. The van der Waals surface area contributed by atoms with Crippen molar-refractivity contribution in [1.82, 2.24) is 9.47 Å².